The van der Waals surface area contributed by atoms with Gasteiger partial charge in [-0.1, -0.05) is 6.07 Å². The first-order chi connectivity index (χ1) is 8.02. The molecule has 1 saturated heterocycles. The number of nitrogens with two attached hydrogens (primary N) is 1. The summed E-state index contributed by atoms with van der Waals surface area (Å²) in [5, 5.41) is 0. The van der Waals surface area contributed by atoms with Crippen molar-refractivity contribution in [2.75, 3.05) is 23.5 Å². The van der Waals surface area contributed by atoms with Crippen LogP contribution in [0, 0.1) is 0 Å². The van der Waals surface area contributed by atoms with E-state index in [4.69, 9.17) is 5.73 Å². The average Bonchev–Trinajstić information content (AvgIpc) is 2.69. The molecule has 0 aliphatic carbocycles. The molecular formula is C11H17N3O2S. The predicted molar refractivity (Wildman–Crippen MR) is 67.6 cm³/mol. The summed E-state index contributed by atoms with van der Waals surface area (Å²) in [6.07, 6.45) is 0.674. The van der Waals surface area contributed by atoms with Crippen LogP contribution in [0.5, 0.6) is 0 Å². The highest BCUT2D eigenvalue weighted by molar-refractivity contribution is 7.91. The summed E-state index contributed by atoms with van der Waals surface area (Å²) < 4.78 is 22.9. The summed E-state index contributed by atoms with van der Waals surface area (Å²) in [7, 11) is -0.975. The second kappa shape index (κ2) is 4.62. The Morgan fingerprint density at radius 1 is 1.53 bits per heavy atom. The number of hydrogen-bond donors (Lipinski definition) is 1. The van der Waals surface area contributed by atoms with Crippen molar-refractivity contribution in [2.45, 2.75) is 19.0 Å². The van der Waals surface area contributed by atoms with Crippen LogP contribution in [-0.2, 0) is 16.4 Å². The molecule has 0 saturated carbocycles. The monoisotopic (exact) mass is 255 g/mol. The number of anilines is 1. The number of pyridine rings is 1. The molecule has 0 radical (unpaired) electrons. The van der Waals surface area contributed by atoms with Crippen LogP contribution >= 0.6 is 0 Å². The topological polar surface area (TPSA) is 76.3 Å². The first-order valence-electron chi connectivity index (χ1n) is 5.61. The van der Waals surface area contributed by atoms with Gasteiger partial charge < -0.3 is 10.6 Å². The molecule has 1 fully saturated rings. The van der Waals surface area contributed by atoms with Crippen LogP contribution < -0.4 is 10.6 Å². The molecule has 2 heterocycles. The van der Waals surface area contributed by atoms with Crippen molar-refractivity contribution in [2.24, 2.45) is 5.73 Å². The van der Waals surface area contributed by atoms with Gasteiger partial charge in [-0.25, -0.2) is 13.4 Å². The van der Waals surface area contributed by atoms with Crippen LogP contribution in [0.4, 0.5) is 5.82 Å². The lowest BCUT2D eigenvalue weighted by atomic mass is 10.2. The minimum Gasteiger partial charge on any atom is -0.356 e. The summed E-state index contributed by atoms with van der Waals surface area (Å²) in [6.45, 7) is 0.393. The summed E-state index contributed by atoms with van der Waals surface area (Å²) in [5.41, 5.74) is 6.35. The van der Waals surface area contributed by atoms with E-state index < -0.39 is 9.84 Å². The van der Waals surface area contributed by atoms with E-state index in [1.54, 1.807) is 0 Å². The molecule has 0 amide bonds. The Hall–Kier alpha value is -1.14. The lowest BCUT2D eigenvalue weighted by Crippen LogP contribution is -2.33. The smallest absolute Gasteiger partial charge is 0.152 e. The Morgan fingerprint density at radius 3 is 2.88 bits per heavy atom. The van der Waals surface area contributed by atoms with E-state index in [0.29, 0.717) is 13.0 Å². The molecule has 6 heteroatoms. The van der Waals surface area contributed by atoms with Gasteiger partial charge in [-0.3, -0.25) is 0 Å². The van der Waals surface area contributed by atoms with E-state index in [-0.39, 0.29) is 17.5 Å². The summed E-state index contributed by atoms with van der Waals surface area (Å²) in [6, 6.07) is 5.66. The van der Waals surface area contributed by atoms with E-state index in [1.165, 1.54) is 0 Å². The Kier molecular flexibility index (Phi) is 3.35. The summed E-state index contributed by atoms with van der Waals surface area (Å²) in [4.78, 5) is 6.32. The third-order valence-electron chi connectivity index (χ3n) is 3.12. The first-order valence-corrected chi connectivity index (χ1v) is 7.43. The van der Waals surface area contributed by atoms with E-state index in [9.17, 15) is 8.42 Å². The molecule has 2 N–H and O–H groups in total. The van der Waals surface area contributed by atoms with Gasteiger partial charge in [-0.15, -0.1) is 0 Å². The predicted octanol–water partition coefficient (Wildman–Crippen LogP) is 0.164. The number of nitrogens with zero attached hydrogens (tertiary/aromatic N) is 2. The van der Waals surface area contributed by atoms with E-state index in [1.807, 2.05) is 30.1 Å². The Morgan fingerprint density at radius 2 is 2.29 bits per heavy atom. The van der Waals surface area contributed by atoms with Crippen LogP contribution in [0.2, 0.25) is 0 Å². The largest absolute Gasteiger partial charge is 0.356 e. The Balaban J connectivity index is 2.17. The Labute approximate surface area is 102 Å². The molecule has 0 bridgehead atoms. The molecule has 94 valence electrons. The Bertz CT molecular complexity index is 501. The van der Waals surface area contributed by atoms with Crippen LogP contribution in [0.1, 0.15) is 12.1 Å². The molecule has 0 aromatic carbocycles. The number of rotatable bonds is 3. The van der Waals surface area contributed by atoms with Crippen molar-refractivity contribution in [3.05, 3.63) is 23.9 Å². The van der Waals surface area contributed by atoms with E-state index >= 15 is 0 Å². The molecule has 1 aromatic heterocycles. The zero-order valence-electron chi connectivity index (χ0n) is 9.83. The third-order valence-corrected chi connectivity index (χ3v) is 4.87. The average molecular weight is 255 g/mol. The number of hydrogen-bond acceptors (Lipinski definition) is 5. The lowest BCUT2D eigenvalue weighted by molar-refractivity contribution is 0.600. The molecule has 0 spiro atoms. The van der Waals surface area contributed by atoms with Gasteiger partial charge >= 0.3 is 0 Å². The highest BCUT2D eigenvalue weighted by atomic mass is 32.2. The zero-order valence-corrected chi connectivity index (χ0v) is 10.7. The third kappa shape index (κ3) is 2.76. The van der Waals surface area contributed by atoms with E-state index in [0.717, 1.165) is 11.5 Å². The van der Waals surface area contributed by atoms with Crippen LogP contribution in [0.15, 0.2) is 18.2 Å². The molecule has 1 aromatic rings. The maximum absolute atomic E-state index is 11.4. The van der Waals surface area contributed by atoms with E-state index in [2.05, 4.69) is 4.98 Å². The highest BCUT2D eigenvalue weighted by Gasteiger charge is 2.31. The van der Waals surface area contributed by atoms with Crippen molar-refractivity contribution in [1.82, 2.24) is 4.98 Å². The molecule has 1 aliphatic heterocycles. The lowest BCUT2D eigenvalue weighted by Gasteiger charge is -2.24. The minimum absolute atomic E-state index is 0.0283. The zero-order chi connectivity index (χ0) is 12.5. The fourth-order valence-electron chi connectivity index (χ4n) is 2.04. The summed E-state index contributed by atoms with van der Waals surface area (Å²) in [5.74, 6) is 1.28. The second-order valence-corrected chi connectivity index (χ2v) is 6.59. The number of aromatic nitrogens is 1. The van der Waals surface area contributed by atoms with Crippen LogP contribution in [0.25, 0.3) is 0 Å². The van der Waals surface area contributed by atoms with Gasteiger partial charge in [-0.2, -0.15) is 0 Å². The SMILES string of the molecule is CN(c1cccc(CN)n1)C1CCS(=O)(=O)C1. The standard InChI is InChI=1S/C11H17N3O2S/c1-14(10-5-6-17(15,16)8-10)11-4-2-3-9(7-12)13-11/h2-4,10H,5-8,12H2,1H3. The summed E-state index contributed by atoms with van der Waals surface area (Å²) >= 11 is 0. The van der Waals surface area contributed by atoms with Gasteiger partial charge in [0.25, 0.3) is 0 Å². The van der Waals surface area contributed by atoms with Gasteiger partial charge in [0.2, 0.25) is 0 Å². The fourth-order valence-corrected chi connectivity index (χ4v) is 3.82. The molecule has 1 aliphatic rings. The van der Waals surface area contributed by atoms with Crippen molar-refractivity contribution in [1.29, 1.82) is 0 Å². The van der Waals surface area contributed by atoms with Crippen molar-refractivity contribution < 1.29 is 8.42 Å². The van der Waals surface area contributed by atoms with Crippen molar-refractivity contribution in [3.63, 3.8) is 0 Å². The maximum Gasteiger partial charge on any atom is 0.152 e. The van der Waals surface area contributed by atoms with Crippen molar-refractivity contribution >= 4 is 15.7 Å². The molecular weight excluding hydrogens is 238 g/mol. The minimum atomic E-state index is -2.86. The molecule has 17 heavy (non-hydrogen) atoms. The van der Waals surface area contributed by atoms with Gasteiger partial charge in [0.05, 0.1) is 17.2 Å². The van der Waals surface area contributed by atoms with Gasteiger partial charge in [0, 0.05) is 19.6 Å². The van der Waals surface area contributed by atoms with Gasteiger partial charge in [-0.05, 0) is 18.6 Å². The molecule has 2 rings (SSSR count). The maximum atomic E-state index is 11.4. The molecule has 1 atom stereocenters. The van der Waals surface area contributed by atoms with Crippen molar-refractivity contribution in [3.8, 4) is 0 Å². The number of sulfone groups is 1. The highest BCUT2D eigenvalue weighted by Crippen LogP contribution is 2.21. The van der Waals surface area contributed by atoms with Gasteiger partial charge in [0.15, 0.2) is 9.84 Å². The molecule has 1 unspecified atom stereocenters. The fraction of sp³-hybridized carbons (Fsp3) is 0.545. The second-order valence-electron chi connectivity index (χ2n) is 4.36. The molecule has 5 nitrogen and oxygen atoms in total. The van der Waals surface area contributed by atoms with Crippen LogP contribution in [-0.4, -0.2) is 38.0 Å². The normalized spacial score (nSPS) is 22.6. The first kappa shape index (κ1) is 12.3. The quantitative estimate of drug-likeness (QED) is 0.833. The van der Waals surface area contributed by atoms with Crippen LogP contribution in [0.3, 0.4) is 0 Å². The van der Waals surface area contributed by atoms with Gasteiger partial charge in [0.1, 0.15) is 5.82 Å².